The summed E-state index contributed by atoms with van der Waals surface area (Å²) in [6.45, 7) is 2.26. The summed E-state index contributed by atoms with van der Waals surface area (Å²) in [5.41, 5.74) is 5.59. The van der Waals surface area contributed by atoms with Crippen molar-refractivity contribution in [3.8, 4) is 0 Å². The SMILES string of the molecule is CN(CC1CCOCC1)S(=O)(=O)c1ccsc1CN. The van der Waals surface area contributed by atoms with Gasteiger partial charge in [-0.25, -0.2) is 12.7 Å². The molecule has 0 radical (unpaired) electrons. The first-order valence-corrected chi connectivity index (χ1v) is 8.68. The smallest absolute Gasteiger partial charge is 0.243 e. The molecule has 0 saturated carbocycles. The Hall–Kier alpha value is -0.470. The highest BCUT2D eigenvalue weighted by Crippen LogP contribution is 2.26. The molecule has 0 atom stereocenters. The maximum Gasteiger partial charge on any atom is 0.243 e. The fourth-order valence-electron chi connectivity index (χ4n) is 2.27. The van der Waals surface area contributed by atoms with Crippen molar-refractivity contribution >= 4 is 21.4 Å². The molecule has 2 heterocycles. The van der Waals surface area contributed by atoms with E-state index in [0.717, 1.165) is 30.9 Å². The number of ether oxygens (including phenoxy) is 1. The molecule has 19 heavy (non-hydrogen) atoms. The lowest BCUT2D eigenvalue weighted by Crippen LogP contribution is -2.34. The van der Waals surface area contributed by atoms with Crippen LogP contribution < -0.4 is 5.73 Å². The monoisotopic (exact) mass is 304 g/mol. The number of hydrogen-bond donors (Lipinski definition) is 1. The van der Waals surface area contributed by atoms with E-state index in [9.17, 15) is 8.42 Å². The number of nitrogens with two attached hydrogens (primary N) is 1. The zero-order valence-corrected chi connectivity index (χ0v) is 12.7. The van der Waals surface area contributed by atoms with Gasteiger partial charge in [-0.2, -0.15) is 0 Å². The van der Waals surface area contributed by atoms with E-state index in [0.29, 0.717) is 17.4 Å². The van der Waals surface area contributed by atoms with E-state index in [2.05, 4.69) is 0 Å². The normalized spacial score (nSPS) is 18.1. The zero-order chi connectivity index (χ0) is 13.9. The molecule has 1 saturated heterocycles. The van der Waals surface area contributed by atoms with Crippen LogP contribution in [0.15, 0.2) is 16.3 Å². The van der Waals surface area contributed by atoms with Crippen LogP contribution in [0.3, 0.4) is 0 Å². The highest BCUT2D eigenvalue weighted by molar-refractivity contribution is 7.89. The quantitative estimate of drug-likeness (QED) is 0.888. The van der Waals surface area contributed by atoms with E-state index in [1.54, 1.807) is 18.5 Å². The highest BCUT2D eigenvalue weighted by Gasteiger charge is 2.27. The first-order chi connectivity index (χ1) is 9.05. The number of nitrogens with zero attached hydrogens (tertiary/aromatic N) is 1. The molecule has 1 aromatic heterocycles. The molecule has 7 heteroatoms. The third-order valence-electron chi connectivity index (χ3n) is 3.43. The Morgan fingerprint density at radius 3 is 2.79 bits per heavy atom. The van der Waals surface area contributed by atoms with Crippen LogP contribution in [0.4, 0.5) is 0 Å². The Morgan fingerprint density at radius 2 is 2.16 bits per heavy atom. The summed E-state index contributed by atoms with van der Waals surface area (Å²) in [5, 5.41) is 1.78. The largest absolute Gasteiger partial charge is 0.381 e. The molecule has 0 spiro atoms. The molecule has 0 aliphatic carbocycles. The molecule has 1 aromatic rings. The molecule has 1 aliphatic rings. The topological polar surface area (TPSA) is 72.6 Å². The van der Waals surface area contributed by atoms with Crippen molar-refractivity contribution < 1.29 is 13.2 Å². The van der Waals surface area contributed by atoms with Crippen LogP contribution in [0.2, 0.25) is 0 Å². The highest BCUT2D eigenvalue weighted by atomic mass is 32.2. The summed E-state index contributed by atoms with van der Waals surface area (Å²) in [6, 6.07) is 1.64. The van der Waals surface area contributed by atoms with Gasteiger partial charge in [0.05, 0.1) is 4.90 Å². The van der Waals surface area contributed by atoms with E-state index < -0.39 is 10.0 Å². The summed E-state index contributed by atoms with van der Waals surface area (Å²) in [7, 11) is -1.77. The van der Waals surface area contributed by atoms with Gasteiger partial charge in [-0.15, -0.1) is 11.3 Å². The molecule has 2 N–H and O–H groups in total. The summed E-state index contributed by atoms with van der Waals surface area (Å²) in [6.07, 6.45) is 1.85. The minimum absolute atomic E-state index is 0.261. The molecule has 0 bridgehead atoms. The predicted octanol–water partition coefficient (Wildman–Crippen LogP) is 1.25. The lowest BCUT2D eigenvalue weighted by atomic mass is 10.0. The molecular weight excluding hydrogens is 284 g/mol. The van der Waals surface area contributed by atoms with E-state index in [4.69, 9.17) is 10.5 Å². The van der Waals surface area contributed by atoms with Crippen molar-refractivity contribution in [3.05, 3.63) is 16.3 Å². The standard InChI is InChI=1S/C12H20N2O3S2/c1-14(9-10-2-5-17-6-3-10)19(15,16)12-4-7-18-11(12)8-13/h4,7,10H,2-3,5-6,8-9,13H2,1H3. The van der Waals surface area contributed by atoms with Gasteiger partial charge >= 0.3 is 0 Å². The fourth-order valence-corrected chi connectivity index (χ4v) is 4.82. The molecule has 0 unspecified atom stereocenters. The van der Waals surface area contributed by atoms with Crippen LogP contribution in [-0.4, -0.2) is 39.5 Å². The van der Waals surface area contributed by atoms with E-state index >= 15 is 0 Å². The maximum atomic E-state index is 12.5. The summed E-state index contributed by atoms with van der Waals surface area (Å²) in [4.78, 5) is 1.08. The molecular formula is C12H20N2O3S2. The van der Waals surface area contributed by atoms with Gasteiger partial charge in [0.25, 0.3) is 0 Å². The van der Waals surface area contributed by atoms with Crippen LogP contribution in [0.1, 0.15) is 17.7 Å². The Balaban J connectivity index is 2.10. The third kappa shape index (κ3) is 3.35. The number of hydrogen-bond acceptors (Lipinski definition) is 5. The summed E-state index contributed by atoms with van der Waals surface area (Å²) >= 11 is 1.39. The second-order valence-electron chi connectivity index (χ2n) is 4.75. The first-order valence-electron chi connectivity index (χ1n) is 6.36. The van der Waals surface area contributed by atoms with Gasteiger partial charge in [-0.05, 0) is 30.2 Å². The Kier molecular flexibility index (Phi) is 4.97. The minimum Gasteiger partial charge on any atom is -0.381 e. The molecule has 108 valence electrons. The first kappa shape index (κ1) is 14.9. The minimum atomic E-state index is -3.41. The number of rotatable bonds is 5. The maximum absolute atomic E-state index is 12.5. The third-order valence-corrected chi connectivity index (χ3v) is 6.41. The predicted molar refractivity (Wildman–Crippen MR) is 75.6 cm³/mol. The van der Waals surface area contributed by atoms with Crippen LogP contribution in [0, 0.1) is 5.92 Å². The van der Waals surface area contributed by atoms with Gasteiger partial charge in [0.1, 0.15) is 0 Å². The van der Waals surface area contributed by atoms with Crippen molar-refractivity contribution in [2.45, 2.75) is 24.3 Å². The average molecular weight is 304 g/mol. The van der Waals surface area contributed by atoms with Crippen LogP contribution >= 0.6 is 11.3 Å². The molecule has 0 aromatic carbocycles. The van der Waals surface area contributed by atoms with Crippen molar-refractivity contribution in [3.63, 3.8) is 0 Å². The molecule has 2 rings (SSSR count). The molecule has 0 amide bonds. The second-order valence-corrected chi connectivity index (χ2v) is 7.77. The second kappa shape index (κ2) is 6.32. The average Bonchev–Trinajstić information content (AvgIpc) is 2.88. The molecule has 1 fully saturated rings. The van der Waals surface area contributed by atoms with Crippen molar-refractivity contribution in [1.29, 1.82) is 0 Å². The van der Waals surface area contributed by atoms with Crippen LogP contribution in [-0.2, 0) is 21.3 Å². The molecule has 1 aliphatic heterocycles. The van der Waals surface area contributed by atoms with E-state index in [1.807, 2.05) is 0 Å². The Labute approximate surface area is 118 Å². The van der Waals surface area contributed by atoms with Gasteiger partial charge in [0, 0.05) is 38.2 Å². The van der Waals surface area contributed by atoms with E-state index in [-0.39, 0.29) is 6.54 Å². The number of sulfonamides is 1. The summed E-state index contributed by atoms with van der Waals surface area (Å²) < 4.78 is 31.7. The summed E-state index contributed by atoms with van der Waals surface area (Å²) in [5.74, 6) is 0.383. The zero-order valence-electron chi connectivity index (χ0n) is 11.0. The lowest BCUT2D eigenvalue weighted by Gasteiger charge is -2.26. The van der Waals surface area contributed by atoms with E-state index in [1.165, 1.54) is 15.6 Å². The van der Waals surface area contributed by atoms with Gasteiger partial charge in [0.2, 0.25) is 10.0 Å². The van der Waals surface area contributed by atoms with Gasteiger partial charge in [0.15, 0.2) is 0 Å². The van der Waals surface area contributed by atoms with Crippen molar-refractivity contribution in [1.82, 2.24) is 4.31 Å². The fraction of sp³-hybridized carbons (Fsp3) is 0.667. The van der Waals surface area contributed by atoms with Crippen LogP contribution in [0.25, 0.3) is 0 Å². The van der Waals surface area contributed by atoms with Gasteiger partial charge in [-0.1, -0.05) is 0 Å². The Bertz CT molecular complexity index is 507. The molecule has 5 nitrogen and oxygen atoms in total. The number of thiophene rings is 1. The van der Waals surface area contributed by atoms with Crippen LogP contribution in [0.5, 0.6) is 0 Å². The lowest BCUT2D eigenvalue weighted by molar-refractivity contribution is 0.0620. The van der Waals surface area contributed by atoms with Crippen molar-refractivity contribution in [2.24, 2.45) is 11.7 Å². The Morgan fingerprint density at radius 1 is 1.47 bits per heavy atom. The van der Waals surface area contributed by atoms with Crippen molar-refractivity contribution in [2.75, 3.05) is 26.8 Å². The van der Waals surface area contributed by atoms with Gasteiger partial charge < -0.3 is 10.5 Å². The van der Waals surface area contributed by atoms with Gasteiger partial charge in [-0.3, -0.25) is 0 Å².